The van der Waals surface area contributed by atoms with Gasteiger partial charge in [-0.2, -0.15) is 0 Å². The maximum atomic E-state index is 5.50. The Labute approximate surface area is 375 Å². The van der Waals surface area contributed by atoms with Crippen molar-refractivity contribution < 1.29 is 0 Å². The fourth-order valence-electron chi connectivity index (χ4n) is 10.4. The highest BCUT2D eigenvalue weighted by atomic mass is 32.2. The first-order valence-electron chi connectivity index (χ1n) is 21.8. The van der Waals surface area contributed by atoms with E-state index in [0.717, 1.165) is 61.2 Å². The quantitative estimate of drug-likeness (QED) is 0.162. The van der Waals surface area contributed by atoms with Crippen LogP contribution in [0.1, 0.15) is 22.3 Å². The lowest BCUT2D eigenvalue weighted by Gasteiger charge is -2.39. The Morgan fingerprint density at radius 1 is 0.344 bits per heavy atom. The first-order valence-corrected chi connectivity index (χ1v) is 22.6. The van der Waals surface area contributed by atoms with Gasteiger partial charge in [0, 0.05) is 48.2 Å². The summed E-state index contributed by atoms with van der Waals surface area (Å²) >= 11 is 1.88. The predicted molar refractivity (Wildman–Crippen MR) is 263 cm³/mol. The van der Waals surface area contributed by atoms with Gasteiger partial charge in [0.1, 0.15) is 0 Å². The summed E-state index contributed by atoms with van der Waals surface area (Å²) in [5.41, 5.74) is 17.4. The second-order valence-corrected chi connectivity index (χ2v) is 17.7. The van der Waals surface area contributed by atoms with E-state index >= 15 is 0 Å². The molecule has 0 fully saturated rings. The van der Waals surface area contributed by atoms with Crippen LogP contribution >= 0.6 is 11.8 Å². The highest BCUT2D eigenvalue weighted by molar-refractivity contribution is 7.99. The normalized spacial score (nSPS) is 13.1. The number of para-hydroxylation sites is 1. The molecular weight excluding hydrogens is 795 g/mol. The van der Waals surface area contributed by atoms with Gasteiger partial charge in [-0.25, -0.2) is 15.0 Å². The predicted octanol–water partition coefficient (Wildman–Crippen LogP) is 15.3. The van der Waals surface area contributed by atoms with E-state index in [9.17, 15) is 0 Å². The van der Waals surface area contributed by atoms with E-state index in [1.54, 1.807) is 0 Å². The summed E-state index contributed by atoms with van der Waals surface area (Å²) in [7, 11) is 0. The van der Waals surface area contributed by atoms with Crippen molar-refractivity contribution in [2.24, 2.45) is 0 Å². The molecule has 4 heteroatoms. The SMILES string of the molecule is c1ccc(-c2cccc(-c3cc(-c4cccc(-c5nc6ccccc6c6c7c(ccc56)C5(c6ccccc6Sc6ccccc65)c5ccccc5-7)c4)nc(-c4ccccc4)n3)c2)cc1. The lowest BCUT2D eigenvalue weighted by molar-refractivity contribution is 0.723. The van der Waals surface area contributed by atoms with Crippen LogP contribution in [0.2, 0.25) is 0 Å². The summed E-state index contributed by atoms with van der Waals surface area (Å²) in [5, 5.41) is 3.51. The molecule has 0 N–H and O–H groups in total. The third-order valence-electron chi connectivity index (χ3n) is 13.1. The van der Waals surface area contributed by atoms with Gasteiger partial charge < -0.3 is 0 Å². The smallest absolute Gasteiger partial charge is 0.160 e. The molecule has 2 aliphatic rings. The third kappa shape index (κ3) is 5.59. The van der Waals surface area contributed by atoms with Crippen molar-refractivity contribution in [3.8, 4) is 67.4 Å². The summed E-state index contributed by atoms with van der Waals surface area (Å²) < 4.78 is 0. The van der Waals surface area contributed by atoms with Crippen LogP contribution < -0.4 is 0 Å². The minimum absolute atomic E-state index is 0.467. The summed E-state index contributed by atoms with van der Waals surface area (Å²) in [5.74, 6) is 0.685. The van der Waals surface area contributed by atoms with E-state index in [4.69, 9.17) is 15.0 Å². The Morgan fingerprint density at radius 2 is 0.891 bits per heavy atom. The monoisotopic (exact) mass is 831 g/mol. The number of fused-ring (bicyclic) bond motifs is 13. The number of hydrogen-bond acceptors (Lipinski definition) is 4. The molecule has 0 radical (unpaired) electrons. The minimum Gasteiger partial charge on any atom is -0.247 e. The van der Waals surface area contributed by atoms with E-state index in [1.807, 2.05) is 30.0 Å². The number of nitrogens with zero attached hydrogens (tertiary/aromatic N) is 3. The molecule has 1 aliphatic heterocycles. The zero-order valence-corrected chi connectivity index (χ0v) is 35.4. The summed E-state index contributed by atoms with van der Waals surface area (Å²) in [6, 6.07) is 80.8. The molecule has 0 unspecified atom stereocenters. The standard InChI is InChI=1S/C60H37N3S/c1-3-17-38(18-4-1)40-21-15-22-41(35-40)52-37-53(63-59(62-52)39-19-5-2-6-20-39)42-23-16-24-43(36-42)58-46-33-34-50-57(56(46)45-26-8-12-30-51(45)61-58)44-25-7-9-27-47(44)60(50)48-28-10-13-31-54(48)64-55-32-14-11-29-49(55)60/h1-37H. The Bertz CT molecular complexity index is 3610. The molecule has 11 aromatic rings. The van der Waals surface area contributed by atoms with Gasteiger partial charge in [0.2, 0.25) is 0 Å². The molecule has 298 valence electrons. The van der Waals surface area contributed by atoms with Crippen molar-refractivity contribution in [1.29, 1.82) is 0 Å². The fourth-order valence-corrected chi connectivity index (χ4v) is 11.6. The van der Waals surface area contributed by atoms with E-state index < -0.39 is 5.41 Å². The van der Waals surface area contributed by atoms with Crippen LogP contribution in [0.4, 0.5) is 0 Å². The highest BCUT2D eigenvalue weighted by Gasteiger charge is 2.50. The van der Waals surface area contributed by atoms with Gasteiger partial charge in [-0.15, -0.1) is 0 Å². The first-order chi connectivity index (χ1) is 31.7. The topological polar surface area (TPSA) is 38.7 Å². The Hall–Kier alpha value is -7.92. The van der Waals surface area contributed by atoms with Crippen LogP contribution in [-0.4, -0.2) is 15.0 Å². The summed E-state index contributed by atoms with van der Waals surface area (Å²) in [6.45, 7) is 0. The number of pyridine rings is 1. The third-order valence-corrected chi connectivity index (χ3v) is 14.3. The maximum Gasteiger partial charge on any atom is 0.160 e. The number of benzene rings is 9. The molecule has 64 heavy (non-hydrogen) atoms. The Kier molecular flexibility index (Phi) is 8.37. The average Bonchev–Trinajstić information content (AvgIpc) is 3.67. The maximum absolute atomic E-state index is 5.50. The highest BCUT2D eigenvalue weighted by Crippen LogP contribution is 2.63. The molecule has 1 spiro atoms. The summed E-state index contributed by atoms with van der Waals surface area (Å²) in [6.07, 6.45) is 0. The minimum atomic E-state index is -0.467. The van der Waals surface area contributed by atoms with Crippen molar-refractivity contribution in [2.45, 2.75) is 15.2 Å². The van der Waals surface area contributed by atoms with Crippen molar-refractivity contribution >= 4 is 33.4 Å². The molecule has 0 atom stereocenters. The Morgan fingerprint density at radius 3 is 1.61 bits per heavy atom. The second-order valence-electron chi connectivity index (χ2n) is 16.6. The van der Waals surface area contributed by atoms with Gasteiger partial charge in [-0.05, 0) is 80.9 Å². The van der Waals surface area contributed by atoms with Crippen LogP contribution in [0, 0.1) is 0 Å². The van der Waals surface area contributed by atoms with E-state index in [-0.39, 0.29) is 0 Å². The lowest BCUT2D eigenvalue weighted by Crippen LogP contribution is -2.31. The molecule has 1 aliphatic carbocycles. The van der Waals surface area contributed by atoms with Crippen molar-refractivity contribution in [2.75, 3.05) is 0 Å². The zero-order valence-electron chi connectivity index (χ0n) is 34.6. The number of aromatic nitrogens is 3. The van der Waals surface area contributed by atoms with E-state index in [1.165, 1.54) is 54.1 Å². The average molecular weight is 832 g/mol. The second kappa shape index (κ2) is 14.6. The van der Waals surface area contributed by atoms with Crippen LogP contribution in [0.25, 0.3) is 89.1 Å². The molecule has 3 nitrogen and oxygen atoms in total. The fraction of sp³-hybridized carbons (Fsp3) is 0.0167. The number of rotatable bonds is 5. The van der Waals surface area contributed by atoms with Crippen molar-refractivity contribution in [3.05, 3.63) is 247 Å². The van der Waals surface area contributed by atoms with Crippen LogP contribution in [0.3, 0.4) is 0 Å². The molecule has 0 amide bonds. The van der Waals surface area contributed by atoms with Gasteiger partial charge in [0.25, 0.3) is 0 Å². The molecule has 0 saturated carbocycles. The molecular formula is C60H37N3S. The largest absolute Gasteiger partial charge is 0.247 e. The molecule has 0 bridgehead atoms. The van der Waals surface area contributed by atoms with Crippen LogP contribution in [0.5, 0.6) is 0 Å². The molecule has 2 aromatic heterocycles. The van der Waals surface area contributed by atoms with Gasteiger partial charge in [0.05, 0.1) is 28.0 Å². The van der Waals surface area contributed by atoms with Crippen LogP contribution in [-0.2, 0) is 5.41 Å². The van der Waals surface area contributed by atoms with Crippen molar-refractivity contribution in [3.63, 3.8) is 0 Å². The van der Waals surface area contributed by atoms with Gasteiger partial charge in [-0.3, -0.25) is 0 Å². The molecule has 13 rings (SSSR count). The van der Waals surface area contributed by atoms with Crippen LogP contribution in [0.15, 0.2) is 234 Å². The molecule has 9 aromatic carbocycles. The molecule has 0 saturated heterocycles. The number of hydrogen-bond donors (Lipinski definition) is 0. The zero-order chi connectivity index (χ0) is 42.2. The summed E-state index contributed by atoms with van der Waals surface area (Å²) in [4.78, 5) is 18.5. The molecule has 3 heterocycles. The van der Waals surface area contributed by atoms with Crippen molar-refractivity contribution in [1.82, 2.24) is 15.0 Å². The van der Waals surface area contributed by atoms with Gasteiger partial charge in [0.15, 0.2) is 5.82 Å². The van der Waals surface area contributed by atoms with Gasteiger partial charge >= 0.3 is 0 Å². The van der Waals surface area contributed by atoms with E-state index in [0.29, 0.717) is 5.82 Å². The van der Waals surface area contributed by atoms with Gasteiger partial charge in [-0.1, -0.05) is 200 Å². The Balaban J connectivity index is 1.03. The lowest BCUT2D eigenvalue weighted by atomic mass is 9.67. The van der Waals surface area contributed by atoms with E-state index in [2.05, 4.69) is 206 Å². The first kappa shape index (κ1) is 36.7.